The zero-order chi connectivity index (χ0) is 20.9. The number of thioether (sulfide) groups is 1. The topological polar surface area (TPSA) is 36.0 Å². The summed E-state index contributed by atoms with van der Waals surface area (Å²) in [5.74, 6) is 1.15. The maximum Gasteiger partial charge on any atom is 0.241 e. The summed E-state index contributed by atoms with van der Waals surface area (Å²) in [5, 5.41) is 0.526. The molecular weight excluding hydrogens is 394 g/mol. The quantitative estimate of drug-likeness (QED) is 0.720. The molecular formula is C24H31N3O2S. The maximum atomic E-state index is 13.2. The number of benzene rings is 2. The predicted octanol–water partition coefficient (Wildman–Crippen LogP) is 4.12. The van der Waals surface area contributed by atoms with Crippen molar-refractivity contribution in [1.29, 1.82) is 0 Å². The third-order valence-electron chi connectivity index (χ3n) is 5.78. The van der Waals surface area contributed by atoms with Crippen molar-refractivity contribution >= 4 is 29.0 Å². The van der Waals surface area contributed by atoms with Crippen molar-refractivity contribution in [3.05, 3.63) is 48.5 Å². The summed E-state index contributed by atoms with van der Waals surface area (Å²) >= 11 is 1.88. The molecule has 4 rings (SSSR count). The Labute approximate surface area is 184 Å². The van der Waals surface area contributed by atoms with E-state index < -0.39 is 0 Å². The fraction of sp³-hybridized carbons (Fsp3) is 0.458. The summed E-state index contributed by atoms with van der Waals surface area (Å²) in [6.45, 7) is 9.77. The molecule has 0 saturated carbocycles. The number of para-hydroxylation sites is 3. The van der Waals surface area contributed by atoms with Crippen molar-refractivity contribution < 1.29 is 9.53 Å². The minimum absolute atomic E-state index is 0.209. The number of nitrogens with zero attached hydrogens (tertiary/aromatic N) is 3. The van der Waals surface area contributed by atoms with Gasteiger partial charge in [0.25, 0.3) is 0 Å². The van der Waals surface area contributed by atoms with E-state index in [1.165, 1.54) is 4.90 Å². The van der Waals surface area contributed by atoms with Crippen LogP contribution in [0.4, 0.5) is 11.4 Å². The van der Waals surface area contributed by atoms with Crippen LogP contribution in [-0.4, -0.2) is 61.9 Å². The number of piperazine rings is 1. The molecule has 2 aliphatic heterocycles. The average molecular weight is 426 g/mol. The zero-order valence-corrected chi connectivity index (χ0v) is 18.7. The molecule has 0 aliphatic carbocycles. The molecule has 2 aliphatic rings. The summed E-state index contributed by atoms with van der Waals surface area (Å²) in [5.41, 5.74) is 2.22. The van der Waals surface area contributed by atoms with Crippen LogP contribution in [0.25, 0.3) is 0 Å². The molecule has 0 unspecified atom stereocenters. The number of hydrogen-bond acceptors (Lipinski definition) is 5. The van der Waals surface area contributed by atoms with Crippen molar-refractivity contribution in [2.45, 2.75) is 30.4 Å². The van der Waals surface area contributed by atoms with E-state index in [9.17, 15) is 4.79 Å². The average Bonchev–Trinajstić information content (AvgIpc) is 2.93. The Balaban J connectivity index is 1.38. The van der Waals surface area contributed by atoms with E-state index in [1.807, 2.05) is 41.8 Å². The second kappa shape index (κ2) is 9.75. The molecule has 0 radical (unpaired) electrons. The van der Waals surface area contributed by atoms with Gasteiger partial charge in [0.2, 0.25) is 5.91 Å². The highest BCUT2D eigenvalue weighted by Crippen LogP contribution is 2.37. The number of ether oxygens (including phenoxy) is 1. The van der Waals surface area contributed by atoms with Gasteiger partial charge in [0.05, 0.1) is 24.5 Å². The summed E-state index contributed by atoms with van der Waals surface area (Å²) in [6.07, 6.45) is 1.02. The number of rotatable bonds is 5. The highest BCUT2D eigenvalue weighted by molar-refractivity contribution is 8.00. The third-order valence-corrected chi connectivity index (χ3v) is 7.02. The van der Waals surface area contributed by atoms with Gasteiger partial charge in [-0.25, -0.2) is 0 Å². The van der Waals surface area contributed by atoms with Crippen LogP contribution in [0.15, 0.2) is 53.4 Å². The number of carbonyl (C=O) groups excluding carboxylic acids is 1. The van der Waals surface area contributed by atoms with Crippen LogP contribution in [-0.2, 0) is 4.79 Å². The van der Waals surface area contributed by atoms with Gasteiger partial charge in [-0.05, 0) is 37.6 Å². The first-order chi connectivity index (χ1) is 14.7. The van der Waals surface area contributed by atoms with Gasteiger partial charge in [0, 0.05) is 42.9 Å². The molecule has 160 valence electrons. The minimum Gasteiger partial charge on any atom is -0.492 e. The minimum atomic E-state index is 0.209. The van der Waals surface area contributed by atoms with E-state index in [0.717, 1.165) is 56.3 Å². The lowest BCUT2D eigenvalue weighted by molar-refractivity contribution is -0.119. The van der Waals surface area contributed by atoms with Crippen molar-refractivity contribution in [2.24, 2.45) is 0 Å². The molecule has 2 aromatic rings. The Morgan fingerprint density at radius 2 is 1.70 bits per heavy atom. The second-order valence-corrected chi connectivity index (χ2v) is 9.37. The van der Waals surface area contributed by atoms with E-state index in [0.29, 0.717) is 18.4 Å². The van der Waals surface area contributed by atoms with Gasteiger partial charge in [-0.2, -0.15) is 0 Å². The predicted molar refractivity (Wildman–Crippen MR) is 125 cm³/mol. The smallest absolute Gasteiger partial charge is 0.241 e. The van der Waals surface area contributed by atoms with Gasteiger partial charge in [-0.3, -0.25) is 9.69 Å². The van der Waals surface area contributed by atoms with Crippen LogP contribution in [0.2, 0.25) is 0 Å². The molecule has 0 spiro atoms. The second-order valence-electron chi connectivity index (χ2n) is 7.89. The van der Waals surface area contributed by atoms with Crippen LogP contribution in [0, 0.1) is 0 Å². The summed E-state index contributed by atoms with van der Waals surface area (Å²) in [4.78, 5) is 21.1. The molecule has 0 aromatic heterocycles. The Morgan fingerprint density at radius 1 is 1.00 bits per heavy atom. The molecule has 1 saturated heterocycles. The van der Waals surface area contributed by atoms with Crippen LogP contribution in [0.5, 0.6) is 5.75 Å². The highest BCUT2D eigenvalue weighted by atomic mass is 32.2. The molecule has 1 fully saturated rings. The molecule has 0 bridgehead atoms. The van der Waals surface area contributed by atoms with Crippen molar-refractivity contribution in [3.63, 3.8) is 0 Å². The monoisotopic (exact) mass is 425 g/mol. The molecule has 5 nitrogen and oxygen atoms in total. The third kappa shape index (κ3) is 4.76. The molecule has 30 heavy (non-hydrogen) atoms. The Hall–Kier alpha value is -2.18. The number of anilines is 2. The first kappa shape index (κ1) is 21.1. The molecule has 0 N–H and O–H groups in total. The summed E-state index contributed by atoms with van der Waals surface area (Å²) in [7, 11) is 0. The van der Waals surface area contributed by atoms with Crippen LogP contribution < -0.4 is 14.5 Å². The number of fused-ring (bicyclic) bond motifs is 1. The van der Waals surface area contributed by atoms with Crippen LogP contribution in [0.3, 0.4) is 0 Å². The molecule has 2 aromatic carbocycles. The molecule has 6 heteroatoms. The first-order valence-electron chi connectivity index (χ1n) is 10.9. The van der Waals surface area contributed by atoms with E-state index in [1.54, 1.807) is 0 Å². The van der Waals surface area contributed by atoms with Crippen molar-refractivity contribution in [1.82, 2.24) is 4.90 Å². The number of amides is 1. The summed E-state index contributed by atoms with van der Waals surface area (Å²) < 4.78 is 5.80. The van der Waals surface area contributed by atoms with Gasteiger partial charge in [-0.15, -0.1) is 11.8 Å². The first-order valence-corrected chi connectivity index (χ1v) is 11.8. The summed E-state index contributed by atoms with van der Waals surface area (Å²) in [6, 6.07) is 16.5. The van der Waals surface area contributed by atoms with Gasteiger partial charge in [0.15, 0.2) is 0 Å². The van der Waals surface area contributed by atoms with E-state index >= 15 is 0 Å². The SMILES string of the molecule is CCOc1ccccc1N1CCN(CC(=O)N2CC[C@H](C)Sc3ccccc32)CC1. The Morgan fingerprint density at radius 3 is 2.47 bits per heavy atom. The molecule has 1 amide bonds. The van der Waals surface area contributed by atoms with Gasteiger partial charge in [-0.1, -0.05) is 31.2 Å². The zero-order valence-electron chi connectivity index (χ0n) is 17.9. The Kier molecular flexibility index (Phi) is 6.85. The highest BCUT2D eigenvalue weighted by Gasteiger charge is 2.27. The van der Waals surface area contributed by atoms with Crippen molar-refractivity contribution in [2.75, 3.05) is 55.7 Å². The van der Waals surface area contributed by atoms with E-state index in [2.05, 4.69) is 47.1 Å². The lowest BCUT2D eigenvalue weighted by Crippen LogP contribution is -2.50. The number of hydrogen-bond donors (Lipinski definition) is 0. The van der Waals surface area contributed by atoms with E-state index in [4.69, 9.17) is 4.74 Å². The number of carbonyl (C=O) groups is 1. The largest absolute Gasteiger partial charge is 0.492 e. The lowest BCUT2D eigenvalue weighted by Gasteiger charge is -2.37. The maximum absolute atomic E-state index is 13.2. The lowest BCUT2D eigenvalue weighted by atomic mass is 10.2. The Bertz CT molecular complexity index is 867. The van der Waals surface area contributed by atoms with Gasteiger partial charge < -0.3 is 14.5 Å². The van der Waals surface area contributed by atoms with E-state index in [-0.39, 0.29) is 5.91 Å². The van der Waals surface area contributed by atoms with Crippen LogP contribution >= 0.6 is 11.8 Å². The standard InChI is InChI=1S/C24H31N3O2S/c1-3-29-22-10-6-4-8-20(22)26-16-14-25(15-17-26)18-24(28)27-13-12-19(2)30-23-11-7-5-9-21(23)27/h4-11,19H,3,12-18H2,1-2H3/t19-/m0/s1. The van der Waals surface area contributed by atoms with Crippen molar-refractivity contribution in [3.8, 4) is 5.75 Å². The normalized spacial score (nSPS) is 19.9. The molecule has 2 heterocycles. The van der Waals surface area contributed by atoms with Gasteiger partial charge in [0.1, 0.15) is 5.75 Å². The van der Waals surface area contributed by atoms with Gasteiger partial charge >= 0.3 is 0 Å². The fourth-order valence-corrected chi connectivity index (χ4v) is 5.28. The van der Waals surface area contributed by atoms with Crippen LogP contribution in [0.1, 0.15) is 20.3 Å². The molecule has 1 atom stereocenters. The fourth-order valence-electron chi connectivity index (χ4n) is 4.17.